The molecular formula is C21H18N4O3S2. The van der Waals surface area contributed by atoms with E-state index in [-0.39, 0.29) is 5.69 Å². The lowest BCUT2D eigenvalue weighted by Gasteiger charge is -2.07. The Kier molecular flexibility index (Phi) is 5.73. The fourth-order valence-electron chi connectivity index (χ4n) is 2.91. The van der Waals surface area contributed by atoms with Crippen LogP contribution in [0.4, 0.5) is 5.69 Å². The Morgan fingerprint density at radius 1 is 1.10 bits per heavy atom. The largest absolute Gasteiger partial charge is 0.451 e. The lowest BCUT2D eigenvalue weighted by Crippen LogP contribution is -2.21. The number of amides is 1. The fourth-order valence-corrected chi connectivity index (χ4v) is 4.51. The van der Waals surface area contributed by atoms with Crippen LogP contribution in [0.2, 0.25) is 0 Å². The maximum absolute atomic E-state index is 12.3. The molecular weight excluding hydrogens is 420 g/mol. The van der Waals surface area contributed by atoms with Crippen LogP contribution in [0.5, 0.6) is 0 Å². The molecule has 30 heavy (non-hydrogen) atoms. The summed E-state index contributed by atoms with van der Waals surface area (Å²) < 4.78 is 6.90. The van der Waals surface area contributed by atoms with E-state index in [2.05, 4.69) is 15.4 Å². The van der Waals surface area contributed by atoms with Crippen molar-refractivity contribution in [1.82, 2.24) is 14.8 Å². The van der Waals surface area contributed by atoms with Crippen molar-refractivity contribution < 1.29 is 14.3 Å². The number of nitrogens with zero attached hydrogens (tertiary/aromatic N) is 3. The molecule has 9 heteroatoms. The number of carbonyl (C=O) groups excluding carboxylic acids is 2. The molecule has 0 spiro atoms. The molecule has 152 valence electrons. The Balaban J connectivity index is 1.38. The van der Waals surface area contributed by atoms with E-state index in [1.165, 1.54) is 11.3 Å². The van der Waals surface area contributed by atoms with Gasteiger partial charge in [-0.3, -0.25) is 4.79 Å². The third-order valence-corrected chi connectivity index (χ3v) is 6.22. The number of thiophene rings is 1. The Morgan fingerprint density at radius 2 is 1.90 bits per heavy atom. The van der Waals surface area contributed by atoms with E-state index in [1.54, 1.807) is 21.4 Å². The number of aromatic nitrogens is 3. The van der Waals surface area contributed by atoms with Crippen LogP contribution in [0.3, 0.4) is 0 Å². The van der Waals surface area contributed by atoms with Gasteiger partial charge in [-0.05, 0) is 37.4 Å². The Bertz CT molecular complexity index is 1180. The van der Waals surface area contributed by atoms with Crippen molar-refractivity contribution in [2.24, 2.45) is 0 Å². The normalized spacial score (nSPS) is 10.7. The van der Waals surface area contributed by atoms with Gasteiger partial charge in [0.25, 0.3) is 5.91 Å². The first kappa shape index (κ1) is 20.0. The number of thiazole rings is 1. The van der Waals surface area contributed by atoms with Gasteiger partial charge in [-0.1, -0.05) is 24.3 Å². The van der Waals surface area contributed by atoms with E-state index in [1.807, 2.05) is 61.7 Å². The highest BCUT2D eigenvalue weighted by molar-refractivity contribution is 7.20. The smallest absolute Gasteiger partial charge is 0.358 e. The van der Waals surface area contributed by atoms with Crippen LogP contribution in [0.15, 0.2) is 53.2 Å². The Hall–Kier alpha value is -3.30. The standard InChI is InChI=1S/C21H18N4O3S2/c1-13-19(14(2)25(24-13)15-7-4-3-5-8-15)23-18(26)11-28-21(27)16-12-30-20(22-16)17-9-6-10-29-17/h3-10,12H,11H2,1-2H3,(H,23,26). The molecule has 0 fully saturated rings. The van der Waals surface area contributed by atoms with Crippen molar-refractivity contribution >= 4 is 40.2 Å². The van der Waals surface area contributed by atoms with Gasteiger partial charge in [-0.25, -0.2) is 14.5 Å². The number of ether oxygens (including phenoxy) is 1. The molecule has 0 saturated heterocycles. The summed E-state index contributed by atoms with van der Waals surface area (Å²) in [5.41, 5.74) is 3.17. The number of esters is 1. The van der Waals surface area contributed by atoms with Gasteiger partial charge in [-0.15, -0.1) is 22.7 Å². The quantitative estimate of drug-likeness (QED) is 0.449. The molecule has 0 aliphatic heterocycles. The molecule has 4 rings (SSSR count). The molecule has 3 heterocycles. The maximum Gasteiger partial charge on any atom is 0.358 e. The highest BCUT2D eigenvalue weighted by Gasteiger charge is 2.18. The highest BCUT2D eigenvalue weighted by Crippen LogP contribution is 2.28. The minimum atomic E-state index is -0.627. The number of aryl methyl sites for hydroxylation is 1. The molecule has 0 radical (unpaired) electrons. The van der Waals surface area contributed by atoms with Crippen LogP contribution in [-0.2, 0) is 9.53 Å². The third kappa shape index (κ3) is 4.17. The average Bonchev–Trinajstić information content (AvgIpc) is 3.50. The number of para-hydroxylation sites is 1. The van der Waals surface area contributed by atoms with Crippen molar-refractivity contribution in [3.8, 4) is 15.6 Å². The van der Waals surface area contributed by atoms with Gasteiger partial charge in [0.2, 0.25) is 0 Å². The minimum absolute atomic E-state index is 0.195. The zero-order chi connectivity index (χ0) is 21.1. The SMILES string of the molecule is Cc1nn(-c2ccccc2)c(C)c1NC(=O)COC(=O)c1csc(-c2cccs2)n1. The summed E-state index contributed by atoms with van der Waals surface area (Å²) >= 11 is 2.91. The summed E-state index contributed by atoms with van der Waals surface area (Å²) in [7, 11) is 0. The summed E-state index contributed by atoms with van der Waals surface area (Å²) in [6, 6.07) is 13.5. The number of rotatable bonds is 6. The van der Waals surface area contributed by atoms with Crippen LogP contribution in [0, 0.1) is 13.8 Å². The number of hydrogen-bond acceptors (Lipinski definition) is 7. The second-order valence-electron chi connectivity index (χ2n) is 6.43. The van der Waals surface area contributed by atoms with E-state index >= 15 is 0 Å². The van der Waals surface area contributed by atoms with Crippen molar-refractivity contribution in [1.29, 1.82) is 0 Å². The van der Waals surface area contributed by atoms with E-state index in [0.29, 0.717) is 11.4 Å². The lowest BCUT2D eigenvalue weighted by atomic mass is 10.3. The van der Waals surface area contributed by atoms with E-state index in [0.717, 1.165) is 21.3 Å². The van der Waals surface area contributed by atoms with Crippen molar-refractivity contribution in [2.45, 2.75) is 13.8 Å². The van der Waals surface area contributed by atoms with Gasteiger partial charge < -0.3 is 10.1 Å². The summed E-state index contributed by atoms with van der Waals surface area (Å²) in [5, 5.41) is 11.6. The molecule has 0 saturated carbocycles. The predicted molar refractivity (Wildman–Crippen MR) is 117 cm³/mol. The van der Waals surface area contributed by atoms with Crippen LogP contribution in [0.25, 0.3) is 15.6 Å². The average molecular weight is 439 g/mol. The first-order valence-corrected chi connectivity index (χ1v) is 10.9. The van der Waals surface area contributed by atoms with Crippen LogP contribution in [-0.4, -0.2) is 33.2 Å². The molecule has 1 N–H and O–H groups in total. The van der Waals surface area contributed by atoms with Crippen LogP contribution in [0.1, 0.15) is 21.9 Å². The van der Waals surface area contributed by atoms with Gasteiger partial charge in [0.05, 0.1) is 27.6 Å². The zero-order valence-corrected chi connectivity index (χ0v) is 17.9. The number of hydrogen-bond donors (Lipinski definition) is 1. The van der Waals surface area contributed by atoms with Crippen LogP contribution >= 0.6 is 22.7 Å². The first-order valence-electron chi connectivity index (χ1n) is 9.11. The van der Waals surface area contributed by atoms with Gasteiger partial charge in [0, 0.05) is 5.38 Å². The molecule has 4 aromatic rings. The Morgan fingerprint density at radius 3 is 2.63 bits per heavy atom. The van der Waals surface area contributed by atoms with Gasteiger partial charge in [-0.2, -0.15) is 5.10 Å². The number of benzene rings is 1. The monoisotopic (exact) mass is 438 g/mol. The second kappa shape index (κ2) is 8.60. The fraction of sp³-hybridized carbons (Fsp3) is 0.143. The van der Waals surface area contributed by atoms with Crippen LogP contribution < -0.4 is 5.32 Å². The minimum Gasteiger partial charge on any atom is -0.451 e. The van der Waals surface area contributed by atoms with Crippen molar-refractivity contribution in [3.05, 3.63) is 70.3 Å². The second-order valence-corrected chi connectivity index (χ2v) is 8.24. The molecule has 7 nitrogen and oxygen atoms in total. The molecule has 0 aliphatic carbocycles. The zero-order valence-electron chi connectivity index (χ0n) is 16.3. The molecule has 3 aromatic heterocycles. The highest BCUT2D eigenvalue weighted by atomic mass is 32.1. The topological polar surface area (TPSA) is 86.1 Å². The number of carbonyl (C=O) groups is 2. The van der Waals surface area contributed by atoms with Gasteiger partial charge >= 0.3 is 5.97 Å². The summed E-state index contributed by atoms with van der Waals surface area (Å²) in [5.74, 6) is -1.06. The molecule has 0 atom stereocenters. The molecule has 0 unspecified atom stereocenters. The summed E-state index contributed by atoms with van der Waals surface area (Å²) in [6.45, 7) is 3.28. The Labute approximate surface area is 181 Å². The van der Waals surface area contributed by atoms with Crippen molar-refractivity contribution in [3.63, 3.8) is 0 Å². The first-order chi connectivity index (χ1) is 14.5. The molecule has 1 aromatic carbocycles. The number of nitrogens with one attached hydrogen (secondary N) is 1. The maximum atomic E-state index is 12.3. The third-order valence-electron chi connectivity index (χ3n) is 4.34. The van der Waals surface area contributed by atoms with E-state index in [4.69, 9.17) is 4.74 Å². The van der Waals surface area contributed by atoms with E-state index < -0.39 is 18.5 Å². The van der Waals surface area contributed by atoms with Crippen molar-refractivity contribution in [2.75, 3.05) is 11.9 Å². The van der Waals surface area contributed by atoms with Gasteiger partial charge in [0.15, 0.2) is 12.3 Å². The van der Waals surface area contributed by atoms with Gasteiger partial charge in [0.1, 0.15) is 5.01 Å². The predicted octanol–water partition coefficient (Wildman–Crippen LogP) is 4.47. The molecule has 1 amide bonds. The van der Waals surface area contributed by atoms with E-state index in [9.17, 15) is 9.59 Å². The molecule has 0 aliphatic rings. The summed E-state index contributed by atoms with van der Waals surface area (Å²) in [4.78, 5) is 29.9. The molecule has 0 bridgehead atoms. The number of anilines is 1. The lowest BCUT2D eigenvalue weighted by molar-refractivity contribution is -0.119. The summed E-state index contributed by atoms with van der Waals surface area (Å²) in [6.07, 6.45) is 0.